The van der Waals surface area contributed by atoms with Gasteiger partial charge in [0.15, 0.2) is 0 Å². The first-order valence-corrected chi connectivity index (χ1v) is 14.6. The summed E-state index contributed by atoms with van der Waals surface area (Å²) in [4.78, 5) is 17.0. The Morgan fingerprint density at radius 2 is 1.68 bits per heavy atom. The highest BCUT2D eigenvalue weighted by atomic mass is 35.5. The van der Waals surface area contributed by atoms with Gasteiger partial charge in [-0.2, -0.15) is 0 Å². The highest BCUT2D eigenvalue weighted by Gasteiger charge is 2.30. The molecule has 1 saturated carbocycles. The van der Waals surface area contributed by atoms with Gasteiger partial charge in [0.25, 0.3) is 0 Å². The Labute approximate surface area is 225 Å². The van der Waals surface area contributed by atoms with Crippen LogP contribution in [0.4, 0.5) is 5.69 Å². The Balaban J connectivity index is 1.43. The van der Waals surface area contributed by atoms with Gasteiger partial charge in [-0.05, 0) is 93.6 Å². The highest BCUT2D eigenvalue weighted by Crippen LogP contribution is 2.48. The van der Waals surface area contributed by atoms with Crippen molar-refractivity contribution in [2.45, 2.75) is 70.3 Å². The number of aromatic carboxylic acids is 1. The van der Waals surface area contributed by atoms with Crippen LogP contribution in [-0.2, 0) is 6.54 Å². The third-order valence-corrected chi connectivity index (χ3v) is 9.10. The minimum absolute atomic E-state index is 0.363. The minimum atomic E-state index is -0.864. The van der Waals surface area contributed by atoms with Gasteiger partial charge in [0, 0.05) is 46.8 Å². The quantitative estimate of drug-likeness (QED) is 0.368. The summed E-state index contributed by atoms with van der Waals surface area (Å²) in [7, 11) is 0. The maximum Gasteiger partial charge on any atom is 0.335 e. The lowest BCUT2D eigenvalue weighted by Gasteiger charge is -2.29. The predicted octanol–water partition coefficient (Wildman–Crippen LogP) is 7.40. The van der Waals surface area contributed by atoms with Crippen LogP contribution in [0.5, 0.6) is 0 Å². The van der Waals surface area contributed by atoms with E-state index in [0.717, 1.165) is 43.1 Å². The van der Waals surface area contributed by atoms with Crippen LogP contribution in [0.2, 0.25) is 5.02 Å². The summed E-state index contributed by atoms with van der Waals surface area (Å²) in [6.07, 6.45) is 11.4. The number of anilines is 1. The molecule has 37 heavy (non-hydrogen) atoms. The zero-order valence-electron chi connectivity index (χ0n) is 21.7. The number of carboxylic acids is 1. The molecule has 2 fully saturated rings. The van der Waals surface area contributed by atoms with E-state index in [4.69, 9.17) is 11.6 Å². The summed E-state index contributed by atoms with van der Waals surface area (Å²) in [5, 5.41) is 11.8. The molecule has 1 aliphatic carbocycles. The van der Waals surface area contributed by atoms with E-state index in [1.165, 1.54) is 92.4 Å². The highest BCUT2D eigenvalue weighted by molar-refractivity contribution is 6.31. The van der Waals surface area contributed by atoms with Gasteiger partial charge in [0.2, 0.25) is 0 Å². The van der Waals surface area contributed by atoms with Gasteiger partial charge in [0.05, 0.1) is 11.3 Å². The Kier molecular flexibility index (Phi) is 7.18. The number of hydrogen-bond donors (Lipinski definition) is 1. The van der Waals surface area contributed by atoms with Crippen molar-refractivity contribution in [3.63, 3.8) is 0 Å². The number of carbonyl (C=O) groups is 1. The maximum atomic E-state index is 11.9. The van der Waals surface area contributed by atoms with Gasteiger partial charge >= 0.3 is 5.97 Å². The van der Waals surface area contributed by atoms with E-state index in [-0.39, 0.29) is 0 Å². The topological polar surface area (TPSA) is 48.7 Å². The van der Waals surface area contributed by atoms with Gasteiger partial charge in [-0.1, -0.05) is 43.4 Å². The van der Waals surface area contributed by atoms with Crippen molar-refractivity contribution in [2.24, 2.45) is 0 Å². The van der Waals surface area contributed by atoms with E-state index >= 15 is 0 Å². The normalized spacial score (nSPS) is 19.0. The fourth-order valence-corrected chi connectivity index (χ4v) is 7.21. The molecule has 5 nitrogen and oxygen atoms in total. The van der Waals surface area contributed by atoms with E-state index < -0.39 is 5.97 Å². The lowest BCUT2D eigenvalue weighted by Crippen LogP contribution is -2.34. The first-order chi connectivity index (χ1) is 18.1. The Hall–Kier alpha value is -2.50. The minimum Gasteiger partial charge on any atom is -0.478 e. The standard InChI is InChI=1S/C31H38ClN3O2/c32-24-11-13-26-27(21-24)34(17-7-16-33-14-5-2-6-15-33)18-19-35-28-20-23(31(36)37)10-12-25(28)29(30(26)35)22-8-3-1-4-9-22/h10-13,20-22H,1-9,14-19H2,(H,36,37). The zero-order chi connectivity index (χ0) is 25.4. The summed E-state index contributed by atoms with van der Waals surface area (Å²) < 4.78 is 2.42. The van der Waals surface area contributed by atoms with E-state index in [9.17, 15) is 9.90 Å². The molecular formula is C31H38ClN3O2. The van der Waals surface area contributed by atoms with E-state index in [0.29, 0.717) is 11.5 Å². The van der Waals surface area contributed by atoms with E-state index in [2.05, 4.69) is 32.6 Å². The van der Waals surface area contributed by atoms with E-state index in [1.807, 2.05) is 12.1 Å². The molecule has 3 aromatic rings. The molecular weight excluding hydrogens is 482 g/mol. The average Bonchev–Trinajstić information content (AvgIpc) is 3.16. The first kappa shape index (κ1) is 24.8. The molecule has 196 valence electrons. The van der Waals surface area contributed by atoms with Crippen LogP contribution in [0.15, 0.2) is 36.4 Å². The van der Waals surface area contributed by atoms with Crippen molar-refractivity contribution in [3.8, 4) is 11.3 Å². The monoisotopic (exact) mass is 519 g/mol. The molecule has 0 unspecified atom stereocenters. The van der Waals surface area contributed by atoms with Crippen molar-refractivity contribution in [1.29, 1.82) is 0 Å². The third-order valence-electron chi connectivity index (χ3n) is 8.86. The molecule has 1 N–H and O–H groups in total. The van der Waals surface area contributed by atoms with Crippen LogP contribution in [0.25, 0.3) is 22.2 Å². The summed E-state index contributed by atoms with van der Waals surface area (Å²) in [6.45, 7) is 6.36. The summed E-state index contributed by atoms with van der Waals surface area (Å²) in [5.41, 5.74) is 6.60. The molecule has 0 atom stereocenters. The molecule has 1 saturated heterocycles. The number of aromatic nitrogens is 1. The molecule has 2 aromatic carbocycles. The molecule has 0 spiro atoms. The Morgan fingerprint density at radius 1 is 0.892 bits per heavy atom. The second-order valence-electron chi connectivity index (χ2n) is 11.2. The van der Waals surface area contributed by atoms with Crippen molar-refractivity contribution >= 4 is 34.2 Å². The fraction of sp³-hybridized carbons (Fsp3) is 0.516. The van der Waals surface area contributed by atoms with E-state index in [1.54, 1.807) is 6.07 Å². The van der Waals surface area contributed by atoms with Gasteiger partial charge in [-0.25, -0.2) is 4.79 Å². The largest absolute Gasteiger partial charge is 0.478 e. The second-order valence-corrected chi connectivity index (χ2v) is 11.6. The Morgan fingerprint density at radius 3 is 2.46 bits per heavy atom. The molecule has 2 aliphatic heterocycles. The number of carboxylic acid groups (broad SMARTS) is 1. The maximum absolute atomic E-state index is 11.9. The molecule has 3 aliphatic rings. The van der Waals surface area contributed by atoms with Crippen molar-refractivity contribution in [1.82, 2.24) is 9.47 Å². The molecule has 1 aromatic heterocycles. The molecule has 6 rings (SSSR count). The molecule has 0 amide bonds. The van der Waals surface area contributed by atoms with Crippen LogP contribution in [0.3, 0.4) is 0 Å². The van der Waals surface area contributed by atoms with Crippen LogP contribution in [0.1, 0.15) is 79.6 Å². The van der Waals surface area contributed by atoms with Crippen molar-refractivity contribution < 1.29 is 9.90 Å². The van der Waals surface area contributed by atoms with Gasteiger partial charge in [0.1, 0.15) is 0 Å². The number of halogens is 1. The van der Waals surface area contributed by atoms with Crippen molar-refractivity contribution in [2.75, 3.05) is 37.6 Å². The smallest absolute Gasteiger partial charge is 0.335 e. The van der Waals surface area contributed by atoms with Gasteiger partial charge < -0.3 is 19.5 Å². The summed E-state index contributed by atoms with van der Waals surface area (Å²) in [5.74, 6) is -0.353. The van der Waals surface area contributed by atoms with Crippen LogP contribution in [-0.4, -0.2) is 53.3 Å². The number of rotatable bonds is 6. The van der Waals surface area contributed by atoms with Crippen LogP contribution < -0.4 is 4.90 Å². The second kappa shape index (κ2) is 10.7. The predicted molar refractivity (Wildman–Crippen MR) is 152 cm³/mol. The molecule has 0 radical (unpaired) electrons. The number of piperidine rings is 1. The number of hydrogen-bond acceptors (Lipinski definition) is 3. The number of benzene rings is 2. The van der Waals surface area contributed by atoms with Crippen LogP contribution in [0, 0.1) is 0 Å². The SMILES string of the molecule is O=C(O)c1ccc2c(C3CCCCC3)c3n(c2c1)CCN(CCCN1CCCCC1)c1cc(Cl)ccc1-3. The molecule has 0 bridgehead atoms. The number of likely N-dealkylation sites (tertiary alicyclic amines) is 1. The fourth-order valence-electron chi connectivity index (χ4n) is 7.04. The summed E-state index contributed by atoms with van der Waals surface area (Å²) >= 11 is 6.59. The molecule has 6 heteroatoms. The average molecular weight is 520 g/mol. The van der Waals surface area contributed by atoms with Gasteiger partial charge in [-0.3, -0.25) is 0 Å². The molecule has 3 heterocycles. The van der Waals surface area contributed by atoms with Gasteiger partial charge in [-0.15, -0.1) is 0 Å². The third kappa shape index (κ3) is 4.88. The van der Waals surface area contributed by atoms with Crippen molar-refractivity contribution in [3.05, 3.63) is 52.5 Å². The lowest BCUT2D eigenvalue weighted by molar-refractivity contribution is 0.0697. The first-order valence-electron chi connectivity index (χ1n) is 14.3. The number of fused-ring (bicyclic) bond motifs is 5. The summed E-state index contributed by atoms with van der Waals surface area (Å²) in [6, 6.07) is 12.1. The lowest BCUT2D eigenvalue weighted by atomic mass is 9.81. The number of nitrogens with zero attached hydrogens (tertiary/aromatic N) is 3. The Bertz CT molecular complexity index is 1290. The zero-order valence-corrected chi connectivity index (χ0v) is 22.5. The van der Waals surface area contributed by atoms with Crippen LogP contribution >= 0.6 is 11.6 Å².